The van der Waals surface area contributed by atoms with E-state index in [-0.39, 0.29) is 30.0 Å². The lowest BCUT2D eigenvalue weighted by atomic mass is 9.96. The van der Waals surface area contributed by atoms with E-state index in [1.165, 1.54) is 17.1 Å². The molecule has 2 aliphatic rings. The molecule has 1 amide bonds. The zero-order valence-electron chi connectivity index (χ0n) is 18.6. The first-order valence-corrected chi connectivity index (χ1v) is 11.0. The summed E-state index contributed by atoms with van der Waals surface area (Å²) in [5.74, 6) is 0.0926. The minimum Gasteiger partial charge on any atom is -0.370 e. The maximum atomic E-state index is 13.9. The number of pyridine rings is 1. The van der Waals surface area contributed by atoms with Crippen LogP contribution in [0.25, 0.3) is 5.82 Å². The van der Waals surface area contributed by atoms with E-state index in [0.29, 0.717) is 37.6 Å². The van der Waals surface area contributed by atoms with Gasteiger partial charge in [0.25, 0.3) is 0 Å². The van der Waals surface area contributed by atoms with Crippen molar-refractivity contribution in [3.63, 3.8) is 0 Å². The van der Waals surface area contributed by atoms with Crippen molar-refractivity contribution in [2.45, 2.75) is 25.5 Å². The monoisotopic (exact) mass is 462 g/mol. The van der Waals surface area contributed by atoms with Gasteiger partial charge in [0.2, 0.25) is 5.91 Å². The van der Waals surface area contributed by atoms with Crippen LogP contribution in [0.5, 0.6) is 0 Å². The van der Waals surface area contributed by atoms with Crippen LogP contribution in [0.3, 0.4) is 0 Å². The Bertz CT molecular complexity index is 1240. The number of fused-ring (bicyclic) bond motifs is 1. The van der Waals surface area contributed by atoms with Gasteiger partial charge in [-0.3, -0.25) is 9.69 Å². The third kappa shape index (κ3) is 4.25. The second kappa shape index (κ2) is 9.24. The van der Waals surface area contributed by atoms with Gasteiger partial charge >= 0.3 is 0 Å². The molecule has 0 radical (unpaired) electrons. The Hall–Kier alpha value is -3.75. The third-order valence-corrected chi connectivity index (χ3v) is 6.51. The van der Waals surface area contributed by atoms with E-state index in [1.807, 2.05) is 17.0 Å². The van der Waals surface area contributed by atoms with Gasteiger partial charge in [-0.1, -0.05) is 6.07 Å². The number of morpholine rings is 1. The third-order valence-electron chi connectivity index (χ3n) is 6.51. The van der Waals surface area contributed by atoms with Crippen LogP contribution >= 0.6 is 0 Å². The summed E-state index contributed by atoms with van der Waals surface area (Å²) in [5.41, 5.74) is 2.37. The van der Waals surface area contributed by atoms with Gasteiger partial charge in [0.05, 0.1) is 30.7 Å². The number of nitrogens with zero attached hydrogens (tertiary/aromatic N) is 8. The first kappa shape index (κ1) is 22.1. The Labute approximate surface area is 195 Å². The van der Waals surface area contributed by atoms with Gasteiger partial charge in [-0.25, -0.2) is 9.37 Å². The summed E-state index contributed by atoms with van der Waals surface area (Å²) in [5, 5.41) is 20.3. The van der Waals surface area contributed by atoms with Crippen LogP contribution in [0.4, 0.5) is 4.39 Å². The molecule has 10 nitrogen and oxygen atoms in total. The maximum absolute atomic E-state index is 13.9. The normalized spacial score (nSPS) is 20.6. The zero-order valence-corrected chi connectivity index (χ0v) is 18.6. The minimum atomic E-state index is -0.510. The molecule has 11 heteroatoms. The van der Waals surface area contributed by atoms with Gasteiger partial charge < -0.3 is 9.64 Å². The van der Waals surface area contributed by atoms with Crippen LogP contribution in [0.2, 0.25) is 0 Å². The van der Waals surface area contributed by atoms with Crippen molar-refractivity contribution in [2.24, 2.45) is 0 Å². The molecule has 2 unspecified atom stereocenters. The van der Waals surface area contributed by atoms with E-state index < -0.39 is 5.82 Å². The molecular formula is C23H23FN8O2. The lowest BCUT2D eigenvalue weighted by Crippen LogP contribution is -2.59. The Morgan fingerprint density at radius 3 is 2.97 bits per heavy atom. The summed E-state index contributed by atoms with van der Waals surface area (Å²) in [7, 11) is 0. The predicted octanol–water partition coefficient (Wildman–Crippen LogP) is 1.20. The first-order chi connectivity index (χ1) is 16.5. The number of piperazine rings is 1. The first-order valence-electron chi connectivity index (χ1n) is 11.0. The predicted molar refractivity (Wildman–Crippen MR) is 117 cm³/mol. The molecule has 2 fully saturated rings. The summed E-state index contributed by atoms with van der Waals surface area (Å²) in [6, 6.07) is 8.70. The molecule has 0 spiro atoms. The molecule has 2 aliphatic heterocycles. The topological polar surface area (TPSA) is 113 Å². The number of nitriles is 1. The van der Waals surface area contributed by atoms with Crippen molar-refractivity contribution in [3.05, 3.63) is 64.9 Å². The summed E-state index contributed by atoms with van der Waals surface area (Å²) < 4.78 is 21.5. The van der Waals surface area contributed by atoms with E-state index >= 15 is 0 Å². The van der Waals surface area contributed by atoms with Gasteiger partial charge in [0, 0.05) is 32.4 Å². The van der Waals surface area contributed by atoms with Crippen molar-refractivity contribution in [1.29, 1.82) is 5.26 Å². The van der Waals surface area contributed by atoms with Crippen LogP contribution < -0.4 is 0 Å². The van der Waals surface area contributed by atoms with Gasteiger partial charge in [-0.15, -0.1) is 5.10 Å². The highest BCUT2D eigenvalue weighted by molar-refractivity contribution is 5.79. The molecule has 2 aromatic heterocycles. The van der Waals surface area contributed by atoms with Crippen molar-refractivity contribution >= 4 is 5.91 Å². The van der Waals surface area contributed by atoms with Gasteiger partial charge in [0.1, 0.15) is 18.2 Å². The number of carbonyl (C=O) groups excluding carboxylic acids is 1. The van der Waals surface area contributed by atoms with Gasteiger partial charge in [-0.2, -0.15) is 9.94 Å². The zero-order chi connectivity index (χ0) is 23.7. The molecule has 3 aromatic rings. The highest BCUT2D eigenvalue weighted by Gasteiger charge is 2.36. The quantitative estimate of drug-likeness (QED) is 0.569. The number of halogens is 1. The largest absolute Gasteiger partial charge is 0.370 e. The fourth-order valence-electron chi connectivity index (χ4n) is 4.63. The lowest BCUT2D eigenvalue weighted by molar-refractivity contribution is -0.139. The number of amides is 1. The molecule has 34 heavy (non-hydrogen) atoms. The summed E-state index contributed by atoms with van der Waals surface area (Å²) in [4.78, 5) is 21.4. The maximum Gasteiger partial charge on any atom is 0.227 e. The minimum absolute atomic E-state index is 0.0451. The number of hydrogen-bond donors (Lipinski definition) is 0. The second-order valence-corrected chi connectivity index (χ2v) is 8.51. The van der Waals surface area contributed by atoms with Crippen LogP contribution in [-0.2, 0) is 16.0 Å². The van der Waals surface area contributed by atoms with Gasteiger partial charge in [0.15, 0.2) is 5.82 Å². The molecule has 0 bridgehead atoms. The number of benzene rings is 1. The molecule has 2 atom stereocenters. The molecular weight excluding hydrogens is 439 g/mol. The average molecular weight is 462 g/mol. The van der Waals surface area contributed by atoms with E-state index in [4.69, 9.17) is 4.74 Å². The summed E-state index contributed by atoms with van der Waals surface area (Å²) in [6.07, 6.45) is 3.13. The van der Waals surface area contributed by atoms with Crippen molar-refractivity contribution < 1.29 is 13.9 Å². The highest BCUT2D eigenvalue weighted by Crippen LogP contribution is 2.31. The standard InChI is InChI=1S/C23H23FN8O2/c1-15-18(2-3-20(24)19(15)10-25)21-12-30-6-7-31(11-17(30)13-34-21)23(33)9-16-4-5-26-22(8-16)32-14-27-28-29-32/h2-5,8,14,17,21H,6-7,9,11-13H2,1H3. The number of hydrogen-bond acceptors (Lipinski definition) is 8. The Balaban J connectivity index is 1.22. The summed E-state index contributed by atoms with van der Waals surface area (Å²) in [6.45, 7) is 4.80. The number of aromatic nitrogens is 5. The molecule has 5 rings (SSSR count). The SMILES string of the molecule is Cc1c(C2CN3CCN(C(=O)Cc4ccnc(-n5cnnn5)c4)CC3CO2)ccc(F)c1C#N. The summed E-state index contributed by atoms with van der Waals surface area (Å²) >= 11 is 0. The highest BCUT2D eigenvalue weighted by atomic mass is 19.1. The Morgan fingerprint density at radius 1 is 1.29 bits per heavy atom. The Kier molecular flexibility index (Phi) is 6.00. The molecule has 2 saturated heterocycles. The molecule has 0 saturated carbocycles. The smallest absolute Gasteiger partial charge is 0.227 e. The fraction of sp³-hybridized carbons (Fsp3) is 0.391. The second-order valence-electron chi connectivity index (χ2n) is 8.51. The number of rotatable bonds is 4. The van der Waals surface area contributed by atoms with E-state index in [1.54, 1.807) is 25.3 Å². The molecule has 1 aromatic carbocycles. The average Bonchev–Trinajstić information content (AvgIpc) is 3.39. The number of ether oxygens (including phenoxy) is 1. The van der Waals surface area contributed by atoms with Crippen molar-refractivity contribution in [2.75, 3.05) is 32.8 Å². The van der Waals surface area contributed by atoms with E-state index in [2.05, 4.69) is 25.4 Å². The van der Waals surface area contributed by atoms with Gasteiger partial charge in [-0.05, 0) is 52.2 Å². The molecule has 0 aliphatic carbocycles. The molecule has 4 heterocycles. The Morgan fingerprint density at radius 2 is 2.18 bits per heavy atom. The number of carbonyl (C=O) groups is 1. The van der Waals surface area contributed by atoms with Crippen LogP contribution in [0.15, 0.2) is 36.8 Å². The lowest BCUT2D eigenvalue weighted by Gasteiger charge is -2.46. The van der Waals surface area contributed by atoms with Crippen LogP contribution in [-0.4, -0.2) is 79.7 Å². The molecule has 0 N–H and O–H groups in total. The number of tetrazole rings is 1. The fourth-order valence-corrected chi connectivity index (χ4v) is 4.63. The van der Waals surface area contributed by atoms with Crippen molar-refractivity contribution in [3.8, 4) is 11.9 Å². The molecule has 174 valence electrons. The van der Waals surface area contributed by atoms with E-state index in [0.717, 1.165) is 17.7 Å². The van der Waals surface area contributed by atoms with E-state index in [9.17, 15) is 14.4 Å². The van der Waals surface area contributed by atoms with Crippen molar-refractivity contribution in [1.82, 2.24) is 35.0 Å². The van der Waals surface area contributed by atoms with Crippen LogP contribution in [0, 0.1) is 24.1 Å². The van der Waals surface area contributed by atoms with Crippen LogP contribution in [0.1, 0.15) is 28.4 Å².